The van der Waals surface area contributed by atoms with Crippen molar-refractivity contribution in [1.29, 1.82) is 0 Å². The van der Waals surface area contributed by atoms with E-state index in [9.17, 15) is 13.6 Å². The third-order valence-electron chi connectivity index (χ3n) is 6.41. The van der Waals surface area contributed by atoms with E-state index < -0.39 is 17.0 Å². The minimum Gasteiger partial charge on any atom is -0.355 e. The number of carbonyl (C=O) groups excluding carboxylic acids is 1. The average molecular weight is 400 g/mol. The first kappa shape index (κ1) is 21.5. The molecule has 1 N–H and O–H groups in total. The first-order valence-corrected chi connectivity index (χ1v) is 10.3. The summed E-state index contributed by atoms with van der Waals surface area (Å²) in [4.78, 5) is 12.4. The van der Waals surface area contributed by atoms with Crippen molar-refractivity contribution >= 4 is 5.91 Å². The zero-order chi connectivity index (χ0) is 21.4. The summed E-state index contributed by atoms with van der Waals surface area (Å²) >= 11 is 0. The van der Waals surface area contributed by atoms with Crippen molar-refractivity contribution in [2.75, 3.05) is 6.54 Å². The van der Waals surface area contributed by atoms with Gasteiger partial charge in [0.15, 0.2) is 0 Å². The van der Waals surface area contributed by atoms with Crippen molar-refractivity contribution in [3.63, 3.8) is 0 Å². The standard InChI is InChI=1S/C25H31F2NO/c1-23(2,3)18-9-6-17(7-10-18)8-13-22(29)28-16-25(15-24(25,4)5)20-12-11-19(26)14-21(20)27/h6-7,9-12,14H,8,13,15-16H2,1-5H3,(H,28,29). The number of aryl methyl sites for hydroxylation is 1. The molecule has 1 aliphatic rings. The van der Waals surface area contributed by atoms with Crippen molar-refractivity contribution in [2.24, 2.45) is 5.41 Å². The first-order chi connectivity index (χ1) is 13.4. The van der Waals surface area contributed by atoms with Crippen LogP contribution in [0, 0.1) is 17.0 Å². The molecule has 1 aliphatic carbocycles. The maximum Gasteiger partial charge on any atom is 0.220 e. The van der Waals surface area contributed by atoms with E-state index in [-0.39, 0.29) is 16.7 Å². The van der Waals surface area contributed by atoms with Crippen LogP contribution in [0.25, 0.3) is 0 Å². The smallest absolute Gasteiger partial charge is 0.220 e. The summed E-state index contributed by atoms with van der Waals surface area (Å²) in [7, 11) is 0. The third-order valence-corrected chi connectivity index (χ3v) is 6.41. The molecule has 2 aromatic carbocycles. The summed E-state index contributed by atoms with van der Waals surface area (Å²) in [5, 5.41) is 2.99. The van der Waals surface area contributed by atoms with E-state index in [1.807, 2.05) is 0 Å². The number of hydrogen-bond acceptors (Lipinski definition) is 1. The van der Waals surface area contributed by atoms with E-state index in [4.69, 9.17) is 0 Å². The Hall–Kier alpha value is -2.23. The fraction of sp³-hybridized carbons (Fsp3) is 0.480. The van der Waals surface area contributed by atoms with Gasteiger partial charge in [-0.25, -0.2) is 8.78 Å². The second-order valence-electron chi connectivity index (χ2n) is 9.99. The van der Waals surface area contributed by atoms with Crippen LogP contribution < -0.4 is 5.32 Å². The quantitative estimate of drug-likeness (QED) is 0.665. The van der Waals surface area contributed by atoms with Crippen molar-refractivity contribution < 1.29 is 13.6 Å². The van der Waals surface area contributed by atoms with Crippen molar-refractivity contribution in [3.05, 3.63) is 70.8 Å². The molecule has 0 bridgehead atoms. The lowest BCUT2D eigenvalue weighted by molar-refractivity contribution is -0.121. The largest absolute Gasteiger partial charge is 0.355 e. The van der Waals surface area contributed by atoms with Gasteiger partial charge in [0.2, 0.25) is 5.91 Å². The van der Waals surface area contributed by atoms with Crippen molar-refractivity contribution in [2.45, 2.75) is 64.7 Å². The molecular weight excluding hydrogens is 368 g/mol. The van der Waals surface area contributed by atoms with Gasteiger partial charge in [0.1, 0.15) is 11.6 Å². The maximum absolute atomic E-state index is 14.4. The van der Waals surface area contributed by atoms with E-state index in [0.29, 0.717) is 24.9 Å². The molecule has 4 heteroatoms. The Bertz CT molecular complexity index is 896. The molecule has 1 saturated carbocycles. The minimum absolute atomic E-state index is 0.0468. The lowest BCUT2D eigenvalue weighted by Crippen LogP contribution is -2.35. The third kappa shape index (κ3) is 4.52. The number of nitrogens with one attached hydrogen (secondary N) is 1. The molecule has 156 valence electrons. The minimum atomic E-state index is -0.582. The summed E-state index contributed by atoms with van der Waals surface area (Å²) in [5.74, 6) is -1.17. The summed E-state index contributed by atoms with van der Waals surface area (Å²) in [6.45, 7) is 11.0. The molecule has 0 radical (unpaired) electrons. The molecule has 1 fully saturated rings. The molecule has 2 nitrogen and oxygen atoms in total. The first-order valence-electron chi connectivity index (χ1n) is 10.3. The molecule has 1 unspecified atom stereocenters. The number of amides is 1. The molecule has 1 amide bonds. The monoisotopic (exact) mass is 399 g/mol. The topological polar surface area (TPSA) is 29.1 Å². The van der Waals surface area contributed by atoms with Crippen LogP contribution in [0.4, 0.5) is 8.78 Å². The highest BCUT2D eigenvalue weighted by atomic mass is 19.1. The van der Waals surface area contributed by atoms with Crippen LogP contribution in [-0.2, 0) is 22.0 Å². The SMILES string of the molecule is CC(C)(C)c1ccc(CCC(=O)NCC2(c3ccc(F)cc3F)CC2(C)C)cc1. The van der Waals surface area contributed by atoms with E-state index in [2.05, 4.69) is 64.2 Å². The fourth-order valence-electron chi connectivity index (χ4n) is 4.21. The van der Waals surface area contributed by atoms with Gasteiger partial charge < -0.3 is 5.32 Å². The van der Waals surface area contributed by atoms with Crippen molar-refractivity contribution in [3.8, 4) is 0 Å². The second-order valence-corrected chi connectivity index (χ2v) is 9.99. The number of benzene rings is 2. The Morgan fingerprint density at radius 1 is 1.07 bits per heavy atom. The normalized spacial score (nSPS) is 20.4. The molecule has 1 atom stereocenters. The average Bonchev–Trinajstić information content (AvgIpc) is 3.19. The molecule has 0 heterocycles. The summed E-state index contributed by atoms with van der Waals surface area (Å²) in [6, 6.07) is 12.1. The zero-order valence-corrected chi connectivity index (χ0v) is 18.0. The van der Waals surface area contributed by atoms with Gasteiger partial charge in [-0.2, -0.15) is 0 Å². The molecule has 0 aromatic heterocycles. The van der Waals surface area contributed by atoms with Gasteiger partial charge in [-0.3, -0.25) is 4.79 Å². The van der Waals surface area contributed by atoms with Crippen LogP contribution >= 0.6 is 0 Å². The summed E-state index contributed by atoms with van der Waals surface area (Å²) in [6.07, 6.45) is 1.81. The zero-order valence-electron chi connectivity index (χ0n) is 18.0. The van der Waals surface area contributed by atoms with Gasteiger partial charge in [-0.1, -0.05) is 65.0 Å². The Morgan fingerprint density at radius 3 is 2.21 bits per heavy atom. The highest BCUT2D eigenvalue weighted by molar-refractivity contribution is 5.76. The molecule has 2 aromatic rings. The second kappa shape index (κ2) is 7.55. The molecule has 0 aliphatic heterocycles. The molecule has 29 heavy (non-hydrogen) atoms. The van der Waals surface area contributed by atoms with E-state index >= 15 is 0 Å². The van der Waals surface area contributed by atoms with E-state index in [1.54, 1.807) is 0 Å². The number of carbonyl (C=O) groups is 1. The van der Waals surface area contributed by atoms with Gasteiger partial charge in [0.05, 0.1) is 0 Å². The van der Waals surface area contributed by atoms with Crippen LogP contribution in [0.3, 0.4) is 0 Å². The summed E-state index contributed by atoms with van der Waals surface area (Å²) < 4.78 is 27.7. The van der Waals surface area contributed by atoms with Gasteiger partial charge in [0, 0.05) is 24.4 Å². The Labute approximate surface area is 172 Å². The number of halogens is 2. The molecular formula is C25H31F2NO. The fourth-order valence-corrected chi connectivity index (χ4v) is 4.21. The highest BCUT2D eigenvalue weighted by Gasteiger charge is 2.62. The van der Waals surface area contributed by atoms with Gasteiger partial charge in [-0.05, 0) is 46.4 Å². The number of hydrogen-bond donors (Lipinski definition) is 1. The Morgan fingerprint density at radius 2 is 1.69 bits per heavy atom. The van der Waals surface area contributed by atoms with Gasteiger partial charge in [-0.15, -0.1) is 0 Å². The van der Waals surface area contributed by atoms with Crippen molar-refractivity contribution in [1.82, 2.24) is 5.32 Å². The van der Waals surface area contributed by atoms with Gasteiger partial charge >= 0.3 is 0 Å². The van der Waals surface area contributed by atoms with Gasteiger partial charge in [0.25, 0.3) is 0 Å². The lowest BCUT2D eigenvalue weighted by atomic mass is 9.86. The highest BCUT2D eigenvalue weighted by Crippen LogP contribution is 2.64. The molecule has 0 saturated heterocycles. The van der Waals surface area contributed by atoms with Crippen LogP contribution in [-0.4, -0.2) is 12.5 Å². The van der Waals surface area contributed by atoms with Crippen LogP contribution in [0.1, 0.15) is 64.2 Å². The van der Waals surface area contributed by atoms with Crippen LogP contribution in [0.2, 0.25) is 0 Å². The Balaban J connectivity index is 1.59. The number of rotatable bonds is 6. The van der Waals surface area contributed by atoms with E-state index in [1.165, 1.54) is 17.7 Å². The predicted octanol–water partition coefficient (Wildman–Crippen LogP) is 5.68. The van der Waals surface area contributed by atoms with Crippen LogP contribution in [0.5, 0.6) is 0 Å². The Kier molecular flexibility index (Phi) is 5.59. The van der Waals surface area contributed by atoms with E-state index in [0.717, 1.165) is 18.1 Å². The summed E-state index contributed by atoms with van der Waals surface area (Å²) in [5.41, 5.74) is 2.37. The lowest BCUT2D eigenvalue weighted by Gasteiger charge is -2.22. The molecule has 0 spiro atoms. The predicted molar refractivity (Wildman–Crippen MR) is 113 cm³/mol. The molecule has 3 rings (SSSR count). The van der Waals surface area contributed by atoms with Crippen LogP contribution in [0.15, 0.2) is 42.5 Å². The maximum atomic E-state index is 14.4.